The van der Waals surface area contributed by atoms with Crippen LogP contribution in [0.15, 0.2) is 12.2 Å². The fraction of sp³-hybridized carbons (Fsp3) is 0.636. The fourth-order valence-electron chi connectivity index (χ4n) is 1.06. The van der Waals surface area contributed by atoms with Gasteiger partial charge in [0, 0.05) is 13.1 Å². The molecule has 1 N–H and O–H groups in total. The van der Waals surface area contributed by atoms with Gasteiger partial charge in [-0.1, -0.05) is 12.2 Å². The number of hydrogen-bond donors (Lipinski definition) is 1. The minimum absolute atomic E-state index is 0.214. The highest BCUT2D eigenvalue weighted by Crippen LogP contribution is 1.99. The molecule has 1 amide bonds. The zero-order valence-corrected chi connectivity index (χ0v) is 10.0. The van der Waals surface area contributed by atoms with E-state index in [0.29, 0.717) is 13.1 Å². The Morgan fingerprint density at radius 1 is 1.50 bits per heavy atom. The maximum Gasteiger partial charge on any atom is 0.332 e. The van der Waals surface area contributed by atoms with E-state index in [0.717, 1.165) is 5.57 Å². The molecule has 5 nitrogen and oxygen atoms in total. The summed E-state index contributed by atoms with van der Waals surface area (Å²) in [7, 11) is 0. The number of carboxylic acids is 1. The van der Waals surface area contributed by atoms with Crippen LogP contribution >= 0.6 is 0 Å². The molecule has 0 heterocycles. The van der Waals surface area contributed by atoms with Gasteiger partial charge in [0.15, 0.2) is 6.10 Å². The first-order valence-corrected chi connectivity index (χ1v) is 5.15. The smallest absolute Gasteiger partial charge is 0.332 e. The number of ether oxygens (including phenoxy) is 1. The summed E-state index contributed by atoms with van der Waals surface area (Å²) >= 11 is 0. The van der Waals surface area contributed by atoms with Crippen molar-refractivity contribution < 1.29 is 19.4 Å². The van der Waals surface area contributed by atoms with Crippen LogP contribution in [0.1, 0.15) is 20.8 Å². The number of nitrogens with zero attached hydrogens (tertiary/aromatic N) is 1. The van der Waals surface area contributed by atoms with Crippen LogP contribution in [0.2, 0.25) is 0 Å². The summed E-state index contributed by atoms with van der Waals surface area (Å²) in [5, 5.41) is 8.57. The van der Waals surface area contributed by atoms with Crippen molar-refractivity contribution in [1.29, 1.82) is 0 Å². The minimum Gasteiger partial charge on any atom is -0.479 e. The van der Waals surface area contributed by atoms with Crippen LogP contribution in [0, 0.1) is 0 Å². The van der Waals surface area contributed by atoms with Crippen LogP contribution in [-0.2, 0) is 14.3 Å². The fourth-order valence-corrected chi connectivity index (χ4v) is 1.06. The lowest BCUT2D eigenvalue weighted by atomic mass is 10.3. The van der Waals surface area contributed by atoms with E-state index in [1.165, 1.54) is 6.92 Å². The Balaban J connectivity index is 4.12. The standard InChI is InChI=1S/C11H19NO4/c1-5-12(6-8(2)3)10(13)7-16-9(4)11(14)15/h9H,2,5-7H2,1,3-4H3,(H,14,15)/t9-/m1/s1. The second kappa shape index (κ2) is 7.00. The number of carboxylic acid groups (broad SMARTS) is 1. The van der Waals surface area contributed by atoms with Crippen molar-refractivity contribution in [2.75, 3.05) is 19.7 Å². The van der Waals surface area contributed by atoms with E-state index >= 15 is 0 Å². The van der Waals surface area contributed by atoms with Gasteiger partial charge in [0.25, 0.3) is 0 Å². The normalized spacial score (nSPS) is 11.9. The molecule has 0 radical (unpaired) electrons. The lowest BCUT2D eigenvalue weighted by molar-refractivity contribution is -0.152. The first-order chi connectivity index (χ1) is 7.38. The topological polar surface area (TPSA) is 66.8 Å². The number of hydrogen-bond acceptors (Lipinski definition) is 3. The summed E-state index contributed by atoms with van der Waals surface area (Å²) in [6.07, 6.45) is -0.965. The minimum atomic E-state index is -1.07. The number of amides is 1. The van der Waals surface area contributed by atoms with E-state index in [1.807, 2.05) is 13.8 Å². The Hall–Kier alpha value is -1.36. The molecule has 1 atom stereocenters. The molecule has 0 saturated heterocycles. The Morgan fingerprint density at radius 3 is 2.44 bits per heavy atom. The second-order valence-electron chi connectivity index (χ2n) is 3.66. The van der Waals surface area contributed by atoms with E-state index < -0.39 is 12.1 Å². The van der Waals surface area contributed by atoms with Crippen LogP contribution < -0.4 is 0 Å². The summed E-state index contributed by atoms with van der Waals surface area (Å²) in [6.45, 7) is 9.60. The summed E-state index contributed by atoms with van der Waals surface area (Å²) in [5.41, 5.74) is 0.876. The van der Waals surface area contributed by atoms with E-state index in [9.17, 15) is 9.59 Å². The molecule has 92 valence electrons. The lowest BCUT2D eigenvalue weighted by Gasteiger charge is -2.21. The van der Waals surface area contributed by atoms with Crippen molar-refractivity contribution >= 4 is 11.9 Å². The summed E-state index contributed by atoms with van der Waals surface area (Å²) in [6, 6.07) is 0. The molecular formula is C11H19NO4. The average Bonchev–Trinajstić information content (AvgIpc) is 2.21. The molecule has 0 aromatic rings. The van der Waals surface area contributed by atoms with Crippen molar-refractivity contribution in [3.63, 3.8) is 0 Å². The first-order valence-electron chi connectivity index (χ1n) is 5.15. The summed E-state index contributed by atoms with van der Waals surface area (Å²) in [5.74, 6) is -1.30. The molecular weight excluding hydrogens is 210 g/mol. The predicted molar refractivity (Wildman–Crippen MR) is 60.1 cm³/mol. The Bertz CT molecular complexity index is 275. The maximum atomic E-state index is 11.6. The highest BCUT2D eigenvalue weighted by molar-refractivity contribution is 5.78. The lowest BCUT2D eigenvalue weighted by Crippen LogP contribution is -2.36. The zero-order valence-electron chi connectivity index (χ0n) is 10.0. The maximum absolute atomic E-state index is 11.6. The van der Waals surface area contributed by atoms with Crippen molar-refractivity contribution in [2.24, 2.45) is 0 Å². The molecule has 0 aromatic heterocycles. The van der Waals surface area contributed by atoms with Crippen LogP contribution in [0.25, 0.3) is 0 Å². The van der Waals surface area contributed by atoms with Gasteiger partial charge in [-0.3, -0.25) is 4.79 Å². The Kier molecular flexibility index (Phi) is 6.41. The molecule has 0 fully saturated rings. The third-order valence-corrected chi connectivity index (χ3v) is 2.00. The second-order valence-corrected chi connectivity index (χ2v) is 3.66. The zero-order chi connectivity index (χ0) is 12.7. The quantitative estimate of drug-likeness (QED) is 0.659. The summed E-state index contributed by atoms with van der Waals surface area (Å²) < 4.78 is 4.91. The number of carbonyl (C=O) groups excluding carboxylic acids is 1. The van der Waals surface area contributed by atoms with Crippen molar-refractivity contribution in [3.8, 4) is 0 Å². The van der Waals surface area contributed by atoms with Gasteiger partial charge in [-0.25, -0.2) is 4.79 Å². The van der Waals surface area contributed by atoms with E-state index in [1.54, 1.807) is 4.90 Å². The van der Waals surface area contributed by atoms with Gasteiger partial charge in [-0.15, -0.1) is 0 Å². The van der Waals surface area contributed by atoms with Crippen LogP contribution in [0.5, 0.6) is 0 Å². The monoisotopic (exact) mass is 229 g/mol. The average molecular weight is 229 g/mol. The van der Waals surface area contributed by atoms with Gasteiger partial charge in [-0.2, -0.15) is 0 Å². The number of aliphatic carboxylic acids is 1. The van der Waals surface area contributed by atoms with Crippen LogP contribution in [0.3, 0.4) is 0 Å². The van der Waals surface area contributed by atoms with E-state index in [-0.39, 0.29) is 12.5 Å². The van der Waals surface area contributed by atoms with E-state index in [2.05, 4.69) is 6.58 Å². The van der Waals surface area contributed by atoms with Gasteiger partial charge in [0.05, 0.1) is 0 Å². The third-order valence-electron chi connectivity index (χ3n) is 2.00. The Morgan fingerprint density at radius 2 is 2.06 bits per heavy atom. The largest absolute Gasteiger partial charge is 0.479 e. The van der Waals surface area contributed by atoms with Crippen LogP contribution in [-0.4, -0.2) is 47.7 Å². The highest BCUT2D eigenvalue weighted by Gasteiger charge is 2.16. The SMILES string of the molecule is C=C(C)CN(CC)C(=O)CO[C@H](C)C(=O)O. The number of rotatable bonds is 7. The van der Waals surface area contributed by atoms with Crippen molar-refractivity contribution in [3.05, 3.63) is 12.2 Å². The van der Waals surface area contributed by atoms with Crippen molar-refractivity contribution in [1.82, 2.24) is 4.90 Å². The van der Waals surface area contributed by atoms with Gasteiger partial charge in [-0.05, 0) is 20.8 Å². The number of likely N-dealkylation sites (N-methyl/N-ethyl adjacent to an activating group) is 1. The van der Waals surface area contributed by atoms with Gasteiger partial charge >= 0.3 is 5.97 Å². The molecule has 0 aliphatic heterocycles. The first kappa shape index (κ1) is 14.6. The molecule has 0 aromatic carbocycles. The van der Waals surface area contributed by atoms with E-state index in [4.69, 9.17) is 9.84 Å². The Labute approximate surface area is 95.7 Å². The molecule has 0 saturated carbocycles. The molecule has 0 aliphatic carbocycles. The molecule has 0 aliphatic rings. The highest BCUT2D eigenvalue weighted by atomic mass is 16.5. The van der Waals surface area contributed by atoms with Gasteiger partial charge in [0.1, 0.15) is 6.61 Å². The van der Waals surface area contributed by atoms with Crippen molar-refractivity contribution in [2.45, 2.75) is 26.9 Å². The van der Waals surface area contributed by atoms with Gasteiger partial charge < -0.3 is 14.7 Å². The molecule has 16 heavy (non-hydrogen) atoms. The molecule has 0 bridgehead atoms. The molecule has 0 spiro atoms. The van der Waals surface area contributed by atoms with Gasteiger partial charge in [0.2, 0.25) is 5.91 Å². The number of carbonyl (C=O) groups is 2. The molecule has 0 rings (SSSR count). The predicted octanol–water partition coefficient (Wildman–Crippen LogP) is 0.901. The third kappa shape index (κ3) is 5.50. The van der Waals surface area contributed by atoms with Crippen LogP contribution in [0.4, 0.5) is 0 Å². The molecule has 0 unspecified atom stereocenters. The summed E-state index contributed by atoms with van der Waals surface area (Å²) in [4.78, 5) is 23.6. The molecule has 5 heteroatoms.